The van der Waals surface area contributed by atoms with Crippen molar-refractivity contribution in [2.45, 2.75) is 46.8 Å². The second-order valence-corrected chi connectivity index (χ2v) is 6.09. The summed E-state index contributed by atoms with van der Waals surface area (Å²) in [6, 6.07) is 9.74. The number of rotatable bonds is 9. The molecule has 0 bridgehead atoms. The molecule has 0 amide bonds. The summed E-state index contributed by atoms with van der Waals surface area (Å²) < 4.78 is 16.6. The van der Waals surface area contributed by atoms with Crippen molar-refractivity contribution in [3.63, 3.8) is 0 Å². The van der Waals surface area contributed by atoms with Crippen molar-refractivity contribution in [3.8, 4) is 16.9 Å². The van der Waals surface area contributed by atoms with E-state index in [1.165, 1.54) is 0 Å². The SMILES string of the molecule is CC/C=C\OC(C)Oc1cc(-c2ccnc(C)c2)ccc1CC(=O)OCC. The van der Waals surface area contributed by atoms with Gasteiger partial charge in [-0.25, -0.2) is 0 Å². The molecule has 0 aliphatic carbocycles. The van der Waals surface area contributed by atoms with Crippen molar-refractivity contribution in [3.05, 3.63) is 60.1 Å². The third kappa shape index (κ3) is 6.44. The summed E-state index contributed by atoms with van der Waals surface area (Å²) in [4.78, 5) is 16.2. The van der Waals surface area contributed by atoms with E-state index in [1.54, 1.807) is 19.4 Å². The summed E-state index contributed by atoms with van der Waals surface area (Å²) in [6.07, 6.45) is 5.87. The second kappa shape index (κ2) is 10.4. The Morgan fingerprint density at radius 3 is 2.67 bits per heavy atom. The Bertz CT molecular complexity index is 786. The Morgan fingerprint density at radius 1 is 1.19 bits per heavy atom. The molecule has 2 aromatic rings. The molecule has 0 spiro atoms. The molecule has 1 aromatic carbocycles. The number of nitrogens with zero attached hydrogens (tertiary/aromatic N) is 1. The van der Waals surface area contributed by atoms with Gasteiger partial charge in [0.1, 0.15) is 5.75 Å². The van der Waals surface area contributed by atoms with E-state index in [0.717, 1.165) is 28.8 Å². The molecule has 0 aliphatic heterocycles. The van der Waals surface area contributed by atoms with E-state index in [-0.39, 0.29) is 12.4 Å². The summed E-state index contributed by atoms with van der Waals surface area (Å²) in [5.41, 5.74) is 3.72. The maximum Gasteiger partial charge on any atom is 0.310 e. The molecule has 5 heteroatoms. The minimum atomic E-state index is -0.483. The lowest BCUT2D eigenvalue weighted by Gasteiger charge is -2.18. The molecule has 144 valence electrons. The molecule has 1 unspecified atom stereocenters. The number of aryl methyl sites for hydroxylation is 1. The summed E-state index contributed by atoms with van der Waals surface area (Å²) >= 11 is 0. The number of hydrogen-bond acceptors (Lipinski definition) is 5. The maximum absolute atomic E-state index is 11.9. The lowest BCUT2D eigenvalue weighted by molar-refractivity contribution is -0.142. The van der Waals surface area contributed by atoms with Crippen molar-refractivity contribution < 1.29 is 19.0 Å². The molecular weight excluding hydrogens is 342 g/mol. The lowest BCUT2D eigenvalue weighted by Crippen LogP contribution is -2.16. The molecule has 2 rings (SSSR count). The average Bonchev–Trinajstić information content (AvgIpc) is 2.63. The molecule has 0 fully saturated rings. The van der Waals surface area contributed by atoms with Crippen molar-refractivity contribution in [2.75, 3.05) is 6.61 Å². The molecule has 0 saturated carbocycles. The number of benzene rings is 1. The van der Waals surface area contributed by atoms with Crippen LogP contribution in [0.2, 0.25) is 0 Å². The first kappa shape index (κ1) is 20.5. The Morgan fingerprint density at radius 2 is 1.96 bits per heavy atom. The van der Waals surface area contributed by atoms with Crippen LogP contribution < -0.4 is 4.74 Å². The first-order valence-corrected chi connectivity index (χ1v) is 9.22. The van der Waals surface area contributed by atoms with Gasteiger partial charge < -0.3 is 14.2 Å². The average molecular weight is 369 g/mol. The molecule has 0 aliphatic rings. The predicted molar refractivity (Wildman–Crippen MR) is 105 cm³/mol. The van der Waals surface area contributed by atoms with Crippen molar-refractivity contribution in [2.24, 2.45) is 0 Å². The van der Waals surface area contributed by atoms with Gasteiger partial charge in [-0.1, -0.05) is 19.1 Å². The van der Waals surface area contributed by atoms with Gasteiger partial charge in [0, 0.05) is 24.4 Å². The number of pyridine rings is 1. The quantitative estimate of drug-likeness (QED) is 0.360. The highest BCUT2D eigenvalue weighted by molar-refractivity contribution is 5.75. The highest BCUT2D eigenvalue weighted by Gasteiger charge is 2.14. The summed E-state index contributed by atoms with van der Waals surface area (Å²) in [5.74, 6) is 0.321. The van der Waals surface area contributed by atoms with Gasteiger partial charge in [0.05, 0.1) is 19.3 Å². The number of allylic oxidation sites excluding steroid dienone is 1. The van der Waals surface area contributed by atoms with Gasteiger partial charge in [-0.2, -0.15) is 0 Å². The van der Waals surface area contributed by atoms with E-state index in [0.29, 0.717) is 12.4 Å². The minimum absolute atomic E-state index is 0.149. The van der Waals surface area contributed by atoms with Gasteiger partial charge in [-0.15, -0.1) is 0 Å². The molecule has 0 N–H and O–H groups in total. The Hall–Kier alpha value is -2.82. The van der Waals surface area contributed by atoms with Crippen LogP contribution in [0, 0.1) is 6.92 Å². The predicted octanol–water partition coefficient (Wildman–Crippen LogP) is 4.83. The van der Waals surface area contributed by atoms with Crippen LogP contribution in [0.15, 0.2) is 48.9 Å². The maximum atomic E-state index is 11.9. The molecule has 1 heterocycles. The largest absolute Gasteiger partial charge is 0.466 e. The van der Waals surface area contributed by atoms with Crippen LogP contribution in [-0.4, -0.2) is 23.9 Å². The fourth-order valence-electron chi connectivity index (χ4n) is 2.55. The third-order valence-corrected chi connectivity index (χ3v) is 3.83. The first-order chi connectivity index (χ1) is 13.0. The number of carbonyl (C=O) groups excluding carboxylic acids is 1. The van der Waals surface area contributed by atoms with Crippen molar-refractivity contribution >= 4 is 5.97 Å². The number of hydrogen-bond donors (Lipinski definition) is 0. The Kier molecular flexibility index (Phi) is 7.86. The number of ether oxygens (including phenoxy) is 3. The summed E-state index contributed by atoms with van der Waals surface area (Å²) in [7, 11) is 0. The number of esters is 1. The Balaban J connectivity index is 2.30. The summed E-state index contributed by atoms with van der Waals surface area (Å²) in [5, 5.41) is 0. The smallest absolute Gasteiger partial charge is 0.310 e. The van der Waals surface area contributed by atoms with E-state index < -0.39 is 6.29 Å². The van der Waals surface area contributed by atoms with Gasteiger partial charge in [-0.3, -0.25) is 9.78 Å². The molecule has 27 heavy (non-hydrogen) atoms. The second-order valence-electron chi connectivity index (χ2n) is 6.09. The zero-order valence-corrected chi connectivity index (χ0v) is 16.4. The van der Waals surface area contributed by atoms with E-state index >= 15 is 0 Å². The van der Waals surface area contributed by atoms with Gasteiger partial charge in [0.15, 0.2) is 0 Å². The van der Waals surface area contributed by atoms with Gasteiger partial charge in [0.2, 0.25) is 6.29 Å². The number of carbonyl (C=O) groups is 1. The van der Waals surface area contributed by atoms with Gasteiger partial charge in [0.25, 0.3) is 0 Å². The fraction of sp³-hybridized carbons (Fsp3) is 0.364. The van der Waals surface area contributed by atoms with E-state index in [2.05, 4.69) is 4.98 Å². The van der Waals surface area contributed by atoms with Crippen LogP contribution in [0.4, 0.5) is 0 Å². The fourth-order valence-corrected chi connectivity index (χ4v) is 2.55. The van der Waals surface area contributed by atoms with Crippen LogP contribution >= 0.6 is 0 Å². The number of aromatic nitrogens is 1. The first-order valence-electron chi connectivity index (χ1n) is 9.22. The zero-order valence-electron chi connectivity index (χ0n) is 16.4. The molecule has 0 saturated heterocycles. The van der Waals surface area contributed by atoms with Crippen LogP contribution in [-0.2, 0) is 20.7 Å². The van der Waals surface area contributed by atoms with E-state index in [9.17, 15) is 4.79 Å². The van der Waals surface area contributed by atoms with Crippen LogP contribution in [0.25, 0.3) is 11.1 Å². The topological polar surface area (TPSA) is 57.7 Å². The summed E-state index contributed by atoms with van der Waals surface area (Å²) in [6.45, 7) is 7.94. The van der Waals surface area contributed by atoms with Crippen LogP contribution in [0.5, 0.6) is 5.75 Å². The minimum Gasteiger partial charge on any atom is -0.466 e. The molecule has 5 nitrogen and oxygen atoms in total. The Labute approximate surface area is 161 Å². The molecular formula is C22H27NO4. The standard InChI is InChI=1S/C22H27NO4/c1-5-7-12-26-17(4)27-21-14-18(19-10-11-23-16(3)13-19)8-9-20(21)15-22(24)25-6-2/h7-14,17H,5-6,15H2,1-4H3/b12-7-. The molecule has 0 radical (unpaired) electrons. The van der Waals surface area contributed by atoms with Crippen molar-refractivity contribution in [1.82, 2.24) is 4.98 Å². The van der Waals surface area contributed by atoms with E-state index in [1.807, 2.05) is 57.2 Å². The van der Waals surface area contributed by atoms with Crippen LogP contribution in [0.1, 0.15) is 38.4 Å². The lowest BCUT2D eigenvalue weighted by atomic mass is 10.0. The highest BCUT2D eigenvalue weighted by Crippen LogP contribution is 2.29. The van der Waals surface area contributed by atoms with Crippen LogP contribution in [0.3, 0.4) is 0 Å². The van der Waals surface area contributed by atoms with Gasteiger partial charge in [-0.05, 0) is 55.7 Å². The molecule has 1 aromatic heterocycles. The normalized spacial score (nSPS) is 12.0. The van der Waals surface area contributed by atoms with Gasteiger partial charge >= 0.3 is 5.97 Å². The highest BCUT2D eigenvalue weighted by atomic mass is 16.7. The van der Waals surface area contributed by atoms with E-state index in [4.69, 9.17) is 14.2 Å². The third-order valence-electron chi connectivity index (χ3n) is 3.83. The monoisotopic (exact) mass is 369 g/mol. The van der Waals surface area contributed by atoms with Crippen molar-refractivity contribution in [1.29, 1.82) is 0 Å². The molecule has 1 atom stereocenters. The zero-order chi connectivity index (χ0) is 19.6.